The largest absolute Gasteiger partial charge is 0.507 e. The van der Waals surface area contributed by atoms with E-state index in [-0.39, 0.29) is 11.7 Å². The third-order valence-electron chi connectivity index (χ3n) is 3.99. The Kier molecular flexibility index (Phi) is 5.19. The van der Waals surface area contributed by atoms with E-state index in [9.17, 15) is 9.90 Å². The van der Waals surface area contributed by atoms with Crippen molar-refractivity contribution >= 4 is 57.2 Å². The van der Waals surface area contributed by atoms with Crippen LogP contribution in [-0.4, -0.2) is 28.1 Å². The van der Waals surface area contributed by atoms with E-state index in [0.717, 1.165) is 14.8 Å². The zero-order valence-corrected chi connectivity index (χ0v) is 17.1. The lowest BCUT2D eigenvalue weighted by Crippen LogP contribution is -2.23. The number of halogens is 1. The van der Waals surface area contributed by atoms with Gasteiger partial charge in [0.1, 0.15) is 5.75 Å². The molecule has 2 aromatic carbocycles. The van der Waals surface area contributed by atoms with Crippen LogP contribution in [0.3, 0.4) is 0 Å². The van der Waals surface area contributed by atoms with Crippen LogP contribution in [0, 0.1) is 17.4 Å². The molecule has 1 amide bonds. The topological polar surface area (TPSA) is 52.9 Å². The molecule has 6 heteroatoms. The van der Waals surface area contributed by atoms with Gasteiger partial charge in [0.2, 0.25) is 0 Å². The summed E-state index contributed by atoms with van der Waals surface area (Å²) < 4.78 is 0.750. The zero-order chi connectivity index (χ0) is 18.1. The molecule has 1 aliphatic rings. The van der Waals surface area contributed by atoms with E-state index >= 15 is 0 Å². The van der Waals surface area contributed by atoms with Crippen molar-refractivity contribution in [3.8, 4) is 5.75 Å². The van der Waals surface area contributed by atoms with Crippen LogP contribution in [0.5, 0.6) is 5.75 Å². The van der Waals surface area contributed by atoms with E-state index < -0.39 is 0 Å². The van der Waals surface area contributed by atoms with Crippen LogP contribution in [0.4, 0.5) is 5.69 Å². The van der Waals surface area contributed by atoms with Gasteiger partial charge >= 0.3 is 0 Å². The van der Waals surface area contributed by atoms with Gasteiger partial charge in [-0.25, -0.2) is 4.99 Å². The number of aliphatic imine (C=N–C) groups is 1. The highest BCUT2D eigenvalue weighted by Crippen LogP contribution is 2.34. The maximum atomic E-state index is 12.5. The van der Waals surface area contributed by atoms with Crippen LogP contribution in [0.1, 0.15) is 16.7 Å². The highest BCUT2D eigenvalue weighted by atomic mass is 127. The molecule has 0 unspecified atom stereocenters. The van der Waals surface area contributed by atoms with Crippen LogP contribution in [0.15, 0.2) is 46.3 Å². The molecule has 0 saturated carbocycles. The fourth-order valence-corrected chi connectivity index (χ4v) is 3.85. The number of hydrogen-bond acceptors (Lipinski definition) is 4. The van der Waals surface area contributed by atoms with E-state index in [2.05, 4.69) is 34.5 Å². The van der Waals surface area contributed by atoms with Crippen LogP contribution in [0.25, 0.3) is 6.08 Å². The van der Waals surface area contributed by atoms with E-state index in [1.54, 1.807) is 24.1 Å². The number of phenols is 1. The number of rotatable bonds is 2. The Morgan fingerprint density at radius 1 is 1.16 bits per heavy atom. The zero-order valence-electron chi connectivity index (χ0n) is 14.1. The number of amides is 1. The Bertz CT molecular complexity index is 922. The van der Waals surface area contributed by atoms with Gasteiger partial charge < -0.3 is 5.11 Å². The first-order valence-electron chi connectivity index (χ1n) is 7.67. The average Bonchev–Trinajstić information content (AvgIpc) is 2.82. The summed E-state index contributed by atoms with van der Waals surface area (Å²) in [5, 5.41) is 10.3. The molecule has 0 atom stereocenters. The van der Waals surface area contributed by atoms with Crippen molar-refractivity contribution in [3.05, 3.63) is 61.6 Å². The van der Waals surface area contributed by atoms with E-state index in [1.165, 1.54) is 22.9 Å². The van der Waals surface area contributed by atoms with Crippen LogP contribution >= 0.6 is 34.4 Å². The minimum absolute atomic E-state index is 0.0735. The molecule has 1 heterocycles. The number of hydrogen-bond donors (Lipinski definition) is 1. The van der Waals surface area contributed by atoms with Gasteiger partial charge in [-0.15, -0.1) is 0 Å². The Morgan fingerprint density at radius 2 is 1.92 bits per heavy atom. The Morgan fingerprint density at radius 3 is 2.60 bits per heavy atom. The van der Waals surface area contributed by atoms with Gasteiger partial charge in [0.15, 0.2) is 5.17 Å². The first-order chi connectivity index (χ1) is 11.8. The summed E-state index contributed by atoms with van der Waals surface area (Å²) in [6, 6.07) is 11.3. The lowest BCUT2D eigenvalue weighted by Gasteiger charge is -2.08. The quantitative estimate of drug-likeness (QED) is 0.511. The molecule has 0 aromatic heterocycles. The molecule has 128 valence electrons. The number of phenolic OH excluding ortho intramolecular Hbond substituents is 1. The number of aromatic hydroxyl groups is 1. The molecule has 4 nitrogen and oxygen atoms in total. The number of carbonyl (C=O) groups is 1. The molecule has 0 bridgehead atoms. The first-order valence-corrected chi connectivity index (χ1v) is 9.57. The van der Waals surface area contributed by atoms with Gasteiger partial charge in [-0.1, -0.05) is 12.1 Å². The molecule has 0 radical (unpaired) electrons. The van der Waals surface area contributed by atoms with Crippen molar-refractivity contribution < 1.29 is 9.90 Å². The minimum atomic E-state index is -0.0735. The van der Waals surface area contributed by atoms with Gasteiger partial charge in [-0.2, -0.15) is 0 Å². The summed E-state index contributed by atoms with van der Waals surface area (Å²) in [6.45, 7) is 4.11. The van der Waals surface area contributed by atoms with Gasteiger partial charge in [0.05, 0.1) is 14.2 Å². The third-order valence-corrected chi connectivity index (χ3v) is 5.91. The molecule has 1 fully saturated rings. The maximum Gasteiger partial charge on any atom is 0.266 e. The molecule has 0 aliphatic carbocycles. The molecule has 3 rings (SSSR count). The van der Waals surface area contributed by atoms with Crippen molar-refractivity contribution in [1.82, 2.24) is 4.90 Å². The van der Waals surface area contributed by atoms with Gasteiger partial charge in [0.25, 0.3) is 5.91 Å². The monoisotopic (exact) mass is 464 g/mol. The molecule has 25 heavy (non-hydrogen) atoms. The third kappa shape index (κ3) is 3.90. The average molecular weight is 464 g/mol. The summed E-state index contributed by atoms with van der Waals surface area (Å²) in [4.78, 5) is 19.3. The standard InChI is InChI=1S/C19H17IN2O2S/c1-11-4-6-14(8-12(11)2)21-19-22(3)18(24)17(25-19)10-13-5-7-16(23)15(20)9-13/h4-10,23H,1-3H3/b17-10-,21-19?. The van der Waals surface area contributed by atoms with E-state index in [0.29, 0.717) is 10.1 Å². The Balaban J connectivity index is 1.91. The predicted octanol–water partition coefficient (Wildman–Crippen LogP) is 4.85. The summed E-state index contributed by atoms with van der Waals surface area (Å²) >= 11 is 3.42. The van der Waals surface area contributed by atoms with Crippen LogP contribution in [0.2, 0.25) is 0 Å². The van der Waals surface area contributed by atoms with Crippen molar-refractivity contribution in [2.75, 3.05) is 7.05 Å². The summed E-state index contributed by atoms with van der Waals surface area (Å²) in [6.07, 6.45) is 1.83. The molecule has 0 spiro atoms. The molecule has 2 aromatic rings. The second-order valence-corrected chi connectivity index (χ2v) is 8.02. The molecular weight excluding hydrogens is 447 g/mol. The number of likely N-dealkylation sites (N-methyl/N-ethyl adjacent to an activating group) is 1. The molecule has 1 saturated heterocycles. The van der Waals surface area contributed by atoms with E-state index in [4.69, 9.17) is 0 Å². The normalized spacial score (nSPS) is 17.8. The van der Waals surface area contributed by atoms with Gasteiger partial charge in [0, 0.05) is 7.05 Å². The second kappa shape index (κ2) is 7.21. The second-order valence-electron chi connectivity index (χ2n) is 5.85. The highest BCUT2D eigenvalue weighted by molar-refractivity contribution is 14.1. The molecule has 1 N–H and O–H groups in total. The number of amidine groups is 1. The van der Waals surface area contributed by atoms with E-state index in [1.807, 2.05) is 37.3 Å². The lowest BCUT2D eigenvalue weighted by atomic mass is 10.1. The first kappa shape index (κ1) is 18.0. The fraction of sp³-hybridized carbons (Fsp3) is 0.158. The minimum Gasteiger partial charge on any atom is -0.507 e. The number of thioether (sulfide) groups is 1. The summed E-state index contributed by atoms with van der Waals surface area (Å²) in [7, 11) is 1.73. The smallest absolute Gasteiger partial charge is 0.266 e. The van der Waals surface area contributed by atoms with Crippen molar-refractivity contribution in [1.29, 1.82) is 0 Å². The van der Waals surface area contributed by atoms with Gasteiger partial charge in [-0.3, -0.25) is 9.69 Å². The lowest BCUT2D eigenvalue weighted by molar-refractivity contribution is -0.121. The Hall–Kier alpha value is -1.80. The van der Waals surface area contributed by atoms with Crippen LogP contribution in [-0.2, 0) is 4.79 Å². The van der Waals surface area contributed by atoms with Crippen molar-refractivity contribution in [3.63, 3.8) is 0 Å². The number of aryl methyl sites for hydroxylation is 2. The predicted molar refractivity (Wildman–Crippen MR) is 112 cm³/mol. The summed E-state index contributed by atoms with van der Waals surface area (Å²) in [5.74, 6) is 0.165. The van der Waals surface area contributed by atoms with Gasteiger partial charge in [-0.05, 0) is 95.2 Å². The number of nitrogens with zero attached hydrogens (tertiary/aromatic N) is 2. The summed E-state index contributed by atoms with van der Waals surface area (Å²) in [5.41, 5.74) is 4.10. The number of benzene rings is 2. The highest BCUT2D eigenvalue weighted by Gasteiger charge is 2.30. The molecule has 1 aliphatic heterocycles. The van der Waals surface area contributed by atoms with Crippen LogP contribution < -0.4 is 0 Å². The SMILES string of the molecule is Cc1ccc(N=C2S/C(=C\c3ccc(O)c(I)c3)C(=O)N2C)cc1C. The Labute approximate surface area is 164 Å². The molecular formula is C19H17IN2O2S. The maximum absolute atomic E-state index is 12.5. The fourth-order valence-electron chi connectivity index (χ4n) is 2.32. The van der Waals surface area contributed by atoms with Crippen molar-refractivity contribution in [2.45, 2.75) is 13.8 Å². The van der Waals surface area contributed by atoms with Crippen molar-refractivity contribution in [2.24, 2.45) is 4.99 Å². The number of carbonyl (C=O) groups excluding carboxylic acids is 1.